The van der Waals surface area contributed by atoms with Crippen molar-refractivity contribution < 1.29 is 14.9 Å². The molecule has 168 valence electrons. The summed E-state index contributed by atoms with van der Waals surface area (Å²) < 4.78 is 7.70. The lowest BCUT2D eigenvalue weighted by atomic mass is 10.1. The number of nitrogens with two attached hydrogens (primary N) is 1. The number of aromatic amines is 1. The fourth-order valence-electron chi connectivity index (χ4n) is 3.49. The van der Waals surface area contributed by atoms with E-state index in [0.717, 1.165) is 31.2 Å². The molecule has 3 heterocycles. The first-order valence-electron chi connectivity index (χ1n) is 10.2. The number of fused-ring (bicyclic) bond motifs is 1. The Morgan fingerprint density at radius 3 is 2.70 bits per heavy atom. The topological polar surface area (TPSA) is 139 Å². The highest BCUT2D eigenvalue weighted by Gasteiger charge is 2.45. The van der Waals surface area contributed by atoms with E-state index in [1.54, 1.807) is 4.57 Å². The first kappa shape index (κ1) is 23.3. The van der Waals surface area contributed by atoms with Crippen molar-refractivity contribution in [3.8, 4) is 0 Å². The van der Waals surface area contributed by atoms with Gasteiger partial charge in [0.25, 0.3) is 5.56 Å². The highest BCUT2D eigenvalue weighted by molar-refractivity contribution is 7.99. The molecule has 11 heteroatoms. The maximum absolute atomic E-state index is 12.4. The van der Waals surface area contributed by atoms with E-state index in [4.69, 9.17) is 10.5 Å². The zero-order valence-corrected chi connectivity index (χ0v) is 19.5. The maximum atomic E-state index is 12.4. The Bertz CT molecular complexity index is 987. The smallest absolute Gasteiger partial charge is 0.280 e. The largest absolute Gasteiger partial charge is 0.388 e. The third-order valence-corrected chi connectivity index (χ3v) is 7.63. The van der Waals surface area contributed by atoms with Gasteiger partial charge in [-0.1, -0.05) is 31.5 Å². The molecule has 0 bridgehead atoms. The second-order valence-electron chi connectivity index (χ2n) is 8.44. The number of hydrogen-bond acceptors (Lipinski definition) is 8. The van der Waals surface area contributed by atoms with Crippen LogP contribution in [-0.4, -0.2) is 79.6 Å². The molecule has 0 aliphatic carbocycles. The van der Waals surface area contributed by atoms with E-state index in [9.17, 15) is 15.0 Å². The van der Waals surface area contributed by atoms with Crippen molar-refractivity contribution in [3.63, 3.8) is 0 Å². The number of hydrogen-bond donors (Lipinski definition) is 4. The average Bonchev–Trinajstić information content (AvgIpc) is 3.15. The van der Waals surface area contributed by atoms with Gasteiger partial charge in [-0.25, -0.2) is 4.98 Å². The summed E-state index contributed by atoms with van der Waals surface area (Å²) in [5.74, 6) is 0.767. The van der Waals surface area contributed by atoms with Crippen LogP contribution < -0.4 is 11.3 Å². The van der Waals surface area contributed by atoms with Crippen molar-refractivity contribution in [2.24, 2.45) is 0 Å². The van der Waals surface area contributed by atoms with Gasteiger partial charge >= 0.3 is 0 Å². The quantitative estimate of drug-likeness (QED) is 0.253. The molecule has 3 rings (SSSR count). The Hall–Kier alpha value is -1.32. The van der Waals surface area contributed by atoms with Crippen LogP contribution in [-0.2, 0) is 4.74 Å². The minimum atomic E-state index is -1.30. The van der Waals surface area contributed by atoms with Crippen molar-refractivity contribution in [1.82, 2.24) is 19.5 Å². The van der Waals surface area contributed by atoms with Crippen LogP contribution in [0.3, 0.4) is 0 Å². The SMILES string of the molecule is C=P(C)(C)CC[C@H]1OC(n2c(SCCCCC)nc3c(=O)[nH]c(N)nc32)[C@H](O)[C@@H]1O. The number of anilines is 1. The number of H-pyrrole nitrogens is 1. The summed E-state index contributed by atoms with van der Waals surface area (Å²) in [5, 5.41) is 21.9. The fraction of sp³-hybridized carbons (Fsp3) is 0.684. The molecule has 1 unspecified atom stereocenters. The van der Waals surface area contributed by atoms with Gasteiger partial charge < -0.3 is 20.7 Å². The van der Waals surface area contributed by atoms with Gasteiger partial charge in [0.15, 0.2) is 22.5 Å². The number of thioether (sulfide) groups is 1. The number of ether oxygens (including phenoxy) is 1. The van der Waals surface area contributed by atoms with E-state index in [-0.39, 0.29) is 17.1 Å². The van der Waals surface area contributed by atoms with E-state index in [0.29, 0.717) is 11.6 Å². The van der Waals surface area contributed by atoms with Crippen LogP contribution >= 0.6 is 18.6 Å². The molecule has 1 saturated heterocycles. The van der Waals surface area contributed by atoms with Crippen molar-refractivity contribution in [3.05, 3.63) is 10.4 Å². The fourth-order valence-corrected chi connectivity index (χ4v) is 5.46. The number of rotatable bonds is 9. The highest BCUT2D eigenvalue weighted by atomic mass is 32.2. The van der Waals surface area contributed by atoms with Gasteiger partial charge in [0, 0.05) is 5.75 Å². The molecule has 0 amide bonds. The van der Waals surface area contributed by atoms with Crippen LogP contribution in [0.4, 0.5) is 5.95 Å². The second-order valence-corrected chi connectivity index (χ2v) is 13.8. The second kappa shape index (κ2) is 9.44. The molecule has 5 N–H and O–H groups in total. The van der Waals surface area contributed by atoms with E-state index in [1.165, 1.54) is 11.8 Å². The lowest BCUT2D eigenvalue weighted by Gasteiger charge is -2.20. The molecular formula is C19H32N5O4PS. The average molecular weight is 458 g/mol. The van der Waals surface area contributed by atoms with Crippen molar-refractivity contribution in [2.45, 2.75) is 62.3 Å². The van der Waals surface area contributed by atoms with Gasteiger partial charge in [-0.05, 0) is 32.3 Å². The molecule has 2 aromatic rings. The van der Waals surface area contributed by atoms with Crippen molar-refractivity contribution >= 4 is 42.1 Å². The van der Waals surface area contributed by atoms with Gasteiger partial charge in [0.1, 0.15) is 12.2 Å². The van der Waals surface area contributed by atoms with E-state index >= 15 is 0 Å². The van der Waals surface area contributed by atoms with Gasteiger partial charge in [-0.2, -0.15) is 4.98 Å². The Kier molecular flexibility index (Phi) is 7.35. The molecule has 1 aliphatic rings. The lowest BCUT2D eigenvalue weighted by Crippen LogP contribution is -2.32. The number of imidazole rings is 1. The van der Waals surface area contributed by atoms with E-state index in [2.05, 4.69) is 41.5 Å². The lowest BCUT2D eigenvalue weighted by molar-refractivity contribution is -0.0400. The first-order chi connectivity index (χ1) is 14.1. The molecule has 0 spiro atoms. The Morgan fingerprint density at radius 1 is 1.30 bits per heavy atom. The summed E-state index contributed by atoms with van der Waals surface area (Å²) in [4.78, 5) is 23.5. The van der Waals surface area contributed by atoms with Gasteiger partial charge in [0.05, 0.1) is 6.10 Å². The zero-order chi connectivity index (χ0) is 22.1. The maximum Gasteiger partial charge on any atom is 0.280 e. The Balaban J connectivity index is 1.96. The summed E-state index contributed by atoms with van der Waals surface area (Å²) in [6.07, 6.45) is 5.17. The summed E-state index contributed by atoms with van der Waals surface area (Å²) in [6, 6.07) is 0. The number of aromatic nitrogens is 4. The van der Waals surface area contributed by atoms with Crippen molar-refractivity contribution in [2.75, 3.05) is 31.0 Å². The number of aliphatic hydroxyl groups excluding tert-OH is 2. The molecule has 2 aromatic heterocycles. The summed E-state index contributed by atoms with van der Waals surface area (Å²) in [5.41, 5.74) is 5.70. The predicted molar refractivity (Wildman–Crippen MR) is 124 cm³/mol. The Morgan fingerprint density at radius 2 is 2.03 bits per heavy atom. The van der Waals surface area contributed by atoms with E-state index < -0.39 is 37.0 Å². The highest BCUT2D eigenvalue weighted by Crippen LogP contribution is 2.41. The number of nitrogens with one attached hydrogen (secondary N) is 1. The number of nitrogen functional groups attached to an aromatic ring is 1. The molecule has 1 fully saturated rings. The molecule has 0 saturated carbocycles. The van der Waals surface area contributed by atoms with Crippen molar-refractivity contribution in [1.29, 1.82) is 0 Å². The number of aliphatic hydroxyl groups is 2. The van der Waals surface area contributed by atoms with Crippen LogP contribution in [0.15, 0.2) is 9.95 Å². The number of nitrogens with zero attached hydrogens (tertiary/aromatic N) is 3. The van der Waals surface area contributed by atoms with Gasteiger partial charge in [0.2, 0.25) is 5.95 Å². The first-order valence-corrected chi connectivity index (χ1v) is 14.3. The normalized spacial score (nSPS) is 24.7. The molecule has 30 heavy (non-hydrogen) atoms. The number of unbranched alkanes of at least 4 members (excludes halogenated alkanes) is 2. The third-order valence-electron chi connectivity index (χ3n) is 5.13. The Labute approximate surface area is 180 Å². The predicted octanol–water partition coefficient (Wildman–Crippen LogP) is 1.70. The monoisotopic (exact) mass is 457 g/mol. The summed E-state index contributed by atoms with van der Waals surface area (Å²) in [7, 11) is 0. The third kappa shape index (κ3) is 5.11. The minimum absolute atomic E-state index is 0.0376. The molecule has 1 aliphatic heterocycles. The molecule has 4 atom stereocenters. The minimum Gasteiger partial charge on any atom is -0.388 e. The molecule has 0 radical (unpaired) electrons. The van der Waals surface area contributed by atoms with Gasteiger partial charge in [-0.3, -0.25) is 14.3 Å². The van der Waals surface area contributed by atoms with Crippen LogP contribution in [0.2, 0.25) is 0 Å². The standard InChI is InChI=1S/C19H32N5O4PS/c1-5-6-7-10-30-19-21-12-15(22-18(20)23-16(12)27)24(19)17-14(26)13(25)11(28-17)8-9-29(2,3)4/h11,13-14,17,25-26H,2,5-10H2,1,3-4H3,(H3,20,22,23,27)/t11-,13-,14-,17?/m1/s1. The molecule has 0 aromatic carbocycles. The summed E-state index contributed by atoms with van der Waals surface area (Å²) in [6.45, 7) is 5.07. The van der Waals surface area contributed by atoms with Crippen LogP contribution in [0.5, 0.6) is 0 Å². The molecular weight excluding hydrogens is 425 g/mol. The van der Waals surface area contributed by atoms with Crippen LogP contribution in [0.25, 0.3) is 11.2 Å². The van der Waals surface area contributed by atoms with E-state index in [1.807, 2.05) is 0 Å². The summed E-state index contributed by atoms with van der Waals surface area (Å²) >= 11 is 1.48. The zero-order valence-electron chi connectivity index (χ0n) is 17.7. The molecule has 9 nitrogen and oxygen atoms in total. The van der Waals surface area contributed by atoms with Gasteiger partial charge in [-0.15, -0.1) is 13.2 Å². The van der Waals surface area contributed by atoms with Crippen LogP contribution in [0, 0.1) is 0 Å². The van der Waals surface area contributed by atoms with Crippen LogP contribution in [0.1, 0.15) is 38.8 Å².